The van der Waals surface area contributed by atoms with Gasteiger partial charge < -0.3 is 10.2 Å². The van der Waals surface area contributed by atoms with E-state index < -0.39 is 0 Å². The van der Waals surface area contributed by atoms with Crippen molar-refractivity contribution in [3.05, 3.63) is 28.8 Å². The minimum absolute atomic E-state index is 0.625. The van der Waals surface area contributed by atoms with Crippen LogP contribution in [0.3, 0.4) is 0 Å². The lowest BCUT2D eigenvalue weighted by Crippen LogP contribution is -2.55. The normalized spacial score (nSPS) is 27.8. The molecular formula is C14H20N2. The summed E-state index contributed by atoms with van der Waals surface area (Å²) in [5, 5.41) is 3.54. The van der Waals surface area contributed by atoms with Crippen molar-refractivity contribution in [2.75, 3.05) is 18.0 Å². The van der Waals surface area contributed by atoms with Gasteiger partial charge in [0, 0.05) is 30.9 Å². The Bertz CT molecular complexity index is 425. The van der Waals surface area contributed by atoms with Crippen molar-refractivity contribution in [1.82, 2.24) is 5.32 Å². The van der Waals surface area contributed by atoms with Crippen LogP contribution in [0.1, 0.15) is 23.6 Å². The number of anilines is 1. The van der Waals surface area contributed by atoms with Gasteiger partial charge in [-0.3, -0.25) is 0 Å². The molecule has 2 aliphatic heterocycles. The summed E-state index contributed by atoms with van der Waals surface area (Å²) in [5.74, 6) is 0. The predicted octanol–water partition coefficient (Wildman–Crippen LogP) is 2.03. The van der Waals surface area contributed by atoms with Crippen LogP contribution in [0.15, 0.2) is 12.1 Å². The molecule has 1 fully saturated rings. The first-order valence-corrected chi connectivity index (χ1v) is 6.26. The number of hydrogen-bond acceptors (Lipinski definition) is 2. The molecule has 2 heterocycles. The summed E-state index contributed by atoms with van der Waals surface area (Å²) in [6.45, 7) is 9.07. The van der Waals surface area contributed by atoms with E-state index >= 15 is 0 Å². The lowest BCUT2D eigenvalue weighted by atomic mass is 10.0. The molecule has 1 aromatic rings. The lowest BCUT2D eigenvalue weighted by Gasteiger charge is -2.39. The van der Waals surface area contributed by atoms with Gasteiger partial charge in [-0.05, 0) is 43.9 Å². The molecule has 0 amide bonds. The maximum atomic E-state index is 3.54. The molecule has 2 nitrogen and oxygen atoms in total. The Morgan fingerprint density at radius 3 is 2.75 bits per heavy atom. The standard InChI is InChI=1S/C14H20N2/c1-9-4-5-10(2)14-13(9)6-12-8-15-7-11(3)16(12)14/h4-5,11-12,15H,6-8H2,1-3H3. The molecule has 3 rings (SSSR count). The fourth-order valence-corrected chi connectivity index (χ4v) is 3.30. The molecule has 1 saturated heterocycles. The molecule has 0 aliphatic carbocycles. The van der Waals surface area contributed by atoms with E-state index in [1.807, 2.05) is 0 Å². The van der Waals surface area contributed by atoms with Crippen molar-refractivity contribution in [3.8, 4) is 0 Å². The van der Waals surface area contributed by atoms with Crippen molar-refractivity contribution in [1.29, 1.82) is 0 Å². The van der Waals surface area contributed by atoms with Gasteiger partial charge in [-0.1, -0.05) is 12.1 Å². The molecule has 2 unspecified atom stereocenters. The van der Waals surface area contributed by atoms with E-state index in [1.54, 1.807) is 5.56 Å². The first kappa shape index (κ1) is 10.2. The van der Waals surface area contributed by atoms with Crippen LogP contribution in [-0.2, 0) is 6.42 Å². The molecule has 0 aromatic heterocycles. The number of rotatable bonds is 0. The fraction of sp³-hybridized carbons (Fsp3) is 0.571. The van der Waals surface area contributed by atoms with Gasteiger partial charge in [0.25, 0.3) is 0 Å². The molecule has 0 radical (unpaired) electrons. The SMILES string of the molecule is Cc1ccc(C)c2c1CC1CNCC(C)N21. The lowest BCUT2D eigenvalue weighted by molar-refractivity contribution is 0.429. The second-order valence-corrected chi connectivity index (χ2v) is 5.30. The van der Waals surface area contributed by atoms with E-state index in [-0.39, 0.29) is 0 Å². The molecule has 1 N–H and O–H groups in total. The van der Waals surface area contributed by atoms with Crippen LogP contribution in [0.25, 0.3) is 0 Å². The molecule has 86 valence electrons. The number of hydrogen-bond donors (Lipinski definition) is 1. The van der Waals surface area contributed by atoms with Gasteiger partial charge in [0.15, 0.2) is 0 Å². The summed E-state index contributed by atoms with van der Waals surface area (Å²) in [6.07, 6.45) is 1.22. The Labute approximate surface area is 97.6 Å². The van der Waals surface area contributed by atoms with E-state index in [0.29, 0.717) is 12.1 Å². The molecule has 0 saturated carbocycles. The zero-order valence-corrected chi connectivity index (χ0v) is 10.4. The van der Waals surface area contributed by atoms with Gasteiger partial charge in [-0.2, -0.15) is 0 Å². The van der Waals surface area contributed by atoms with E-state index in [1.165, 1.54) is 23.2 Å². The van der Waals surface area contributed by atoms with Crippen LogP contribution in [0.2, 0.25) is 0 Å². The number of nitrogens with zero attached hydrogens (tertiary/aromatic N) is 1. The third kappa shape index (κ3) is 1.29. The maximum Gasteiger partial charge on any atom is 0.0459 e. The molecule has 2 atom stereocenters. The molecular weight excluding hydrogens is 196 g/mol. The van der Waals surface area contributed by atoms with Crippen molar-refractivity contribution in [2.24, 2.45) is 0 Å². The summed E-state index contributed by atoms with van der Waals surface area (Å²) < 4.78 is 0. The van der Waals surface area contributed by atoms with E-state index in [2.05, 4.69) is 43.1 Å². The van der Waals surface area contributed by atoms with Crippen LogP contribution in [0, 0.1) is 13.8 Å². The summed E-state index contributed by atoms with van der Waals surface area (Å²) in [7, 11) is 0. The van der Waals surface area contributed by atoms with Crippen LogP contribution >= 0.6 is 0 Å². The zero-order chi connectivity index (χ0) is 11.3. The number of piperazine rings is 1. The third-order valence-electron chi connectivity index (χ3n) is 4.10. The summed E-state index contributed by atoms with van der Waals surface area (Å²) in [6, 6.07) is 5.84. The maximum absolute atomic E-state index is 3.54. The Morgan fingerprint density at radius 1 is 1.19 bits per heavy atom. The molecule has 0 bridgehead atoms. The van der Waals surface area contributed by atoms with Gasteiger partial charge in [0.1, 0.15) is 0 Å². The summed E-state index contributed by atoms with van der Waals surface area (Å²) in [5.41, 5.74) is 6.01. The van der Waals surface area contributed by atoms with Crippen molar-refractivity contribution in [3.63, 3.8) is 0 Å². The highest BCUT2D eigenvalue weighted by molar-refractivity contribution is 5.67. The van der Waals surface area contributed by atoms with Gasteiger partial charge >= 0.3 is 0 Å². The Balaban J connectivity index is 2.13. The van der Waals surface area contributed by atoms with Gasteiger partial charge in [0.05, 0.1) is 0 Å². The second kappa shape index (κ2) is 3.49. The Hall–Kier alpha value is -1.02. The first-order valence-electron chi connectivity index (χ1n) is 6.26. The quantitative estimate of drug-likeness (QED) is 0.714. The number of fused-ring (bicyclic) bond motifs is 3. The Morgan fingerprint density at radius 2 is 1.94 bits per heavy atom. The molecule has 1 aromatic carbocycles. The van der Waals surface area contributed by atoms with Crippen molar-refractivity contribution < 1.29 is 0 Å². The minimum atomic E-state index is 0.625. The van der Waals surface area contributed by atoms with Crippen molar-refractivity contribution in [2.45, 2.75) is 39.3 Å². The van der Waals surface area contributed by atoms with E-state index in [9.17, 15) is 0 Å². The average Bonchev–Trinajstić information content (AvgIpc) is 2.65. The van der Waals surface area contributed by atoms with Crippen LogP contribution in [-0.4, -0.2) is 25.2 Å². The highest BCUT2D eigenvalue weighted by atomic mass is 15.3. The Kier molecular flexibility index (Phi) is 2.21. The predicted molar refractivity (Wildman–Crippen MR) is 68.2 cm³/mol. The third-order valence-corrected chi connectivity index (χ3v) is 4.10. The smallest absolute Gasteiger partial charge is 0.0459 e. The van der Waals surface area contributed by atoms with E-state index in [0.717, 1.165) is 13.1 Å². The monoisotopic (exact) mass is 216 g/mol. The van der Waals surface area contributed by atoms with Crippen molar-refractivity contribution >= 4 is 5.69 Å². The summed E-state index contributed by atoms with van der Waals surface area (Å²) >= 11 is 0. The highest BCUT2D eigenvalue weighted by Gasteiger charge is 2.36. The molecule has 2 heteroatoms. The molecule has 0 spiro atoms. The van der Waals surface area contributed by atoms with Crippen LogP contribution < -0.4 is 10.2 Å². The van der Waals surface area contributed by atoms with E-state index in [4.69, 9.17) is 0 Å². The van der Waals surface area contributed by atoms with Gasteiger partial charge in [-0.25, -0.2) is 0 Å². The second-order valence-electron chi connectivity index (χ2n) is 5.30. The zero-order valence-electron chi connectivity index (χ0n) is 10.4. The minimum Gasteiger partial charge on any atom is -0.363 e. The van der Waals surface area contributed by atoms with Crippen LogP contribution in [0.4, 0.5) is 5.69 Å². The highest BCUT2D eigenvalue weighted by Crippen LogP contribution is 2.39. The summed E-state index contributed by atoms with van der Waals surface area (Å²) in [4.78, 5) is 2.65. The number of benzene rings is 1. The molecule has 16 heavy (non-hydrogen) atoms. The fourth-order valence-electron chi connectivity index (χ4n) is 3.30. The topological polar surface area (TPSA) is 15.3 Å². The number of nitrogens with one attached hydrogen (secondary N) is 1. The molecule has 2 aliphatic rings. The number of aryl methyl sites for hydroxylation is 2. The van der Waals surface area contributed by atoms with Gasteiger partial charge in [-0.15, -0.1) is 0 Å². The van der Waals surface area contributed by atoms with Gasteiger partial charge in [0.2, 0.25) is 0 Å². The average molecular weight is 216 g/mol. The first-order chi connectivity index (χ1) is 7.68. The van der Waals surface area contributed by atoms with Crippen LogP contribution in [0.5, 0.6) is 0 Å². The largest absolute Gasteiger partial charge is 0.363 e.